The summed E-state index contributed by atoms with van der Waals surface area (Å²) in [5.41, 5.74) is 14.0. The van der Waals surface area contributed by atoms with Gasteiger partial charge in [0.25, 0.3) is 0 Å². The SMILES string of the molecule is CCCc1c(C(N)=O)cc(-c2ncccn2)c(CCC)c1C(N)=O. The van der Waals surface area contributed by atoms with Gasteiger partial charge in [0.05, 0.1) is 0 Å². The first-order valence-electron chi connectivity index (χ1n) is 8.06. The first-order valence-corrected chi connectivity index (χ1v) is 8.06. The Morgan fingerprint density at radius 3 is 2.04 bits per heavy atom. The van der Waals surface area contributed by atoms with Gasteiger partial charge in [-0.05, 0) is 36.1 Å². The zero-order chi connectivity index (χ0) is 17.7. The van der Waals surface area contributed by atoms with Crippen LogP contribution in [0.25, 0.3) is 11.4 Å². The molecule has 0 aliphatic heterocycles. The first-order chi connectivity index (χ1) is 11.5. The van der Waals surface area contributed by atoms with Gasteiger partial charge in [-0.15, -0.1) is 0 Å². The lowest BCUT2D eigenvalue weighted by atomic mass is 9.86. The molecular formula is C18H22N4O2. The summed E-state index contributed by atoms with van der Waals surface area (Å²) in [5, 5.41) is 0. The highest BCUT2D eigenvalue weighted by Crippen LogP contribution is 2.31. The van der Waals surface area contributed by atoms with E-state index < -0.39 is 11.8 Å². The van der Waals surface area contributed by atoms with Crippen molar-refractivity contribution in [3.63, 3.8) is 0 Å². The van der Waals surface area contributed by atoms with Gasteiger partial charge in [0, 0.05) is 29.1 Å². The van der Waals surface area contributed by atoms with Crippen molar-refractivity contribution in [2.45, 2.75) is 39.5 Å². The number of benzene rings is 1. The second-order valence-electron chi connectivity index (χ2n) is 5.60. The number of hydrogen-bond acceptors (Lipinski definition) is 4. The predicted molar refractivity (Wildman–Crippen MR) is 92.5 cm³/mol. The second kappa shape index (κ2) is 7.68. The minimum atomic E-state index is -0.582. The fourth-order valence-electron chi connectivity index (χ4n) is 2.94. The number of carbonyl (C=O) groups excluding carboxylic acids is 2. The summed E-state index contributed by atoms with van der Waals surface area (Å²) in [4.78, 5) is 32.6. The van der Waals surface area contributed by atoms with E-state index in [0.29, 0.717) is 40.9 Å². The van der Waals surface area contributed by atoms with Crippen molar-refractivity contribution in [1.29, 1.82) is 0 Å². The van der Waals surface area contributed by atoms with E-state index in [-0.39, 0.29) is 0 Å². The average Bonchev–Trinajstić information content (AvgIpc) is 2.55. The van der Waals surface area contributed by atoms with Crippen LogP contribution in [0.5, 0.6) is 0 Å². The predicted octanol–water partition coefficient (Wildman–Crippen LogP) is 2.25. The maximum atomic E-state index is 12.2. The smallest absolute Gasteiger partial charge is 0.249 e. The van der Waals surface area contributed by atoms with Crippen LogP contribution in [0.3, 0.4) is 0 Å². The Balaban J connectivity index is 2.88. The Morgan fingerprint density at radius 2 is 1.54 bits per heavy atom. The molecule has 2 aromatic rings. The van der Waals surface area contributed by atoms with E-state index >= 15 is 0 Å². The molecule has 24 heavy (non-hydrogen) atoms. The highest BCUT2D eigenvalue weighted by Gasteiger charge is 2.24. The molecule has 0 atom stereocenters. The van der Waals surface area contributed by atoms with E-state index in [2.05, 4.69) is 9.97 Å². The van der Waals surface area contributed by atoms with Gasteiger partial charge in [-0.3, -0.25) is 9.59 Å². The number of primary amides is 2. The summed E-state index contributed by atoms with van der Waals surface area (Å²) in [5.74, 6) is -0.683. The van der Waals surface area contributed by atoms with Gasteiger partial charge < -0.3 is 11.5 Å². The van der Waals surface area contributed by atoms with Crippen LogP contribution in [0.2, 0.25) is 0 Å². The number of aromatic nitrogens is 2. The fourth-order valence-corrected chi connectivity index (χ4v) is 2.94. The molecule has 2 rings (SSSR count). The van der Waals surface area contributed by atoms with E-state index in [1.807, 2.05) is 13.8 Å². The Morgan fingerprint density at radius 1 is 0.958 bits per heavy atom. The number of rotatable bonds is 7. The fraction of sp³-hybridized carbons (Fsp3) is 0.333. The van der Waals surface area contributed by atoms with Gasteiger partial charge in [-0.2, -0.15) is 0 Å². The Labute approximate surface area is 141 Å². The van der Waals surface area contributed by atoms with Crippen molar-refractivity contribution < 1.29 is 9.59 Å². The normalized spacial score (nSPS) is 10.6. The maximum Gasteiger partial charge on any atom is 0.249 e. The van der Waals surface area contributed by atoms with Gasteiger partial charge >= 0.3 is 0 Å². The van der Waals surface area contributed by atoms with E-state index in [4.69, 9.17) is 11.5 Å². The van der Waals surface area contributed by atoms with Crippen LogP contribution in [0.4, 0.5) is 0 Å². The van der Waals surface area contributed by atoms with Crippen molar-refractivity contribution in [2.75, 3.05) is 0 Å². The van der Waals surface area contributed by atoms with Gasteiger partial charge in [0.1, 0.15) is 0 Å². The molecule has 0 saturated carbocycles. The summed E-state index contributed by atoms with van der Waals surface area (Å²) >= 11 is 0. The molecule has 126 valence electrons. The summed E-state index contributed by atoms with van der Waals surface area (Å²) in [7, 11) is 0. The number of amides is 2. The molecule has 0 saturated heterocycles. The lowest BCUT2D eigenvalue weighted by molar-refractivity contribution is 0.0998. The Hall–Kier alpha value is -2.76. The molecule has 0 aliphatic carbocycles. The summed E-state index contributed by atoms with van der Waals surface area (Å²) in [6.45, 7) is 3.99. The molecule has 4 N–H and O–H groups in total. The molecule has 1 heterocycles. The van der Waals surface area contributed by atoms with Crippen LogP contribution in [-0.4, -0.2) is 21.8 Å². The molecule has 6 nitrogen and oxygen atoms in total. The van der Waals surface area contributed by atoms with E-state index in [1.165, 1.54) is 0 Å². The van der Waals surface area contributed by atoms with Crippen LogP contribution in [0.1, 0.15) is 58.5 Å². The van der Waals surface area contributed by atoms with Gasteiger partial charge in [0.15, 0.2) is 5.82 Å². The molecule has 2 amide bonds. The Kier molecular flexibility index (Phi) is 5.63. The van der Waals surface area contributed by atoms with E-state index in [9.17, 15) is 9.59 Å². The lowest BCUT2D eigenvalue weighted by Gasteiger charge is -2.19. The van der Waals surface area contributed by atoms with Crippen molar-refractivity contribution in [2.24, 2.45) is 11.5 Å². The zero-order valence-electron chi connectivity index (χ0n) is 14.0. The number of nitrogens with two attached hydrogens (primary N) is 2. The van der Waals surface area contributed by atoms with Crippen LogP contribution < -0.4 is 11.5 Å². The summed E-state index contributed by atoms with van der Waals surface area (Å²) in [6, 6.07) is 3.40. The molecule has 0 aliphatic rings. The standard InChI is InChI=1S/C18H22N4O2/c1-3-6-11-13(16(19)23)10-14(18-21-8-5-9-22-18)12(7-4-2)15(11)17(20)24/h5,8-10H,3-4,6-7H2,1-2H3,(H2,19,23)(H2,20,24). The maximum absolute atomic E-state index is 12.2. The molecule has 6 heteroatoms. The van der Waals surface area contributed by atoms with E-state index in [1.54, 1.807) is 24.5 Å². The van der Waals surface area contributed by atoms with Crippen molar-refractivity contribution in [3.05, 3.63) is 46.8 Å². The Bertz CT molecular complexity index is 757. The highest BCUT2D eigenvalue weighted by molar-refractivity contribution is 6.04. The third-order valence-corrected chi connectivity index (χ3v) is 3.86. The lowest BCUT2D eigenvalue weighted by Crippen LogP contribution is -2.23. The summed E-state index contributed by atoms with van der Waals surface area (Å²) < 4.78 is 0. The molecule has 0 radical (unpaired) electrons. The topological polar surface area (TPSA) is 112 Å². The molecule has 0 spiro atoms. The number of hydrogen-bond donors (Lipinski definition) is 2. The summed E-state index contributed by atoms with van der Waals surface area (Å²) in [6.07, 6.45) is 6.03. The third kappa shape index (κ3) is 3.42. The first kappa shape index (κ1) is 17.6. The third-order valence-electron chi connectivity index (χ3n) is 3.86. The molecular weight excluding hydrogens is 304 g/mol. The quantitative estimate of drug-likeness (QED) is 0.812. The average molecular weight is 326 g/mol. The molecule has 0 bridgehead atoms. The minimum absolute atomic E-state index is 0.313. The number of carbonyl (C=O) groups is 2. The molecule has 0 unspecified atom stereocenters. The number of nitrogens with zero attached hydrogens (tertiary/aromatic N) is 2. The van der Waals surface area contributed by atoms with Crippen molar-refractivity contribution in [1.82, 2.24) is 9.97 Å². The van der Waals surface area contributed by atoms with Crippen LogP contribution in [0.15, 0.2) is 24.5 Å². The zero-order valence-corrected chi connectivity index (χ0v) is 14.0. The van der Waals surface area contributed by atoms with Crippen LogP contribution in [0, 0.1) is 0 Å². The minimum Gasteiger partial charge on any atom is -0.366 e. The highest BCUT2D eigenvalue weighted by atomic mass is 16.1. The van der Waals surface area contributed by atoms with Crippen molar-refractivity contribution in [3.8, 4) is 11.4 Å². The second-order valence-corrected chi connectivity index (χ2v) is 5.60. The van der Waals surface area contributed by atoms with Crippen LogP contribution >= 0.6 is 0 Å². The molecule has 1 aromatic heterocycles. The molecule has 0 fully saturated rings. The van der Waals surface area contributed by atoms with Crippen molar-refractivity contribution >= 4 is 11.8 Å². The van der Waals surface area contributed by atoms with Gasteiger partial charge in [-0.25, -0.2) is 9.97 Å². The monoisotopic (exact) mass is 326 g/mol. The van der Waals surface area contributed by atoms with Gasteiger partial charge in [-0.1, -0.05) is 26.7 Å². The molecule has 1 aromatic carbocycles. The van der Waals surface area contributed by atoms with E-state index in [0.717, 1.165) is 18.4 Å². The van der Waals surface area contributed by atoms with Gasteiger partial charge in [0.2, 0.25) is 11.8 Å². The van der Waals surface area contributed by atoms with Crippen LogP contribution in [-0.2, 0) is 12.8 Å². The largest absolute Gasteiger partial charge is 0.366 e.